The Hall–Kier alpha value is -1.13. The fourth-order valence-electron chi connectivity index (χ4n) is 1.29. The SMILES string of the molecule is CC(C)NCc1csc(-c2cc[nH]c2)n1. The number of nitrogens with one attached hydrogen (secondary N) is 2. The van der Waals surface area contributed by atoms with Crippen LogP contribution in [-0.4, -0.2) is 16.0 Å². The van der Waals surface area contributed by atoms with Crippen molar-refractivity contribution in [3.63, 3.8) is 0 Å². The Bertz CT molecular complexity index is 403. The number of nitrogens with zero attached hydrogens (tertiary/aromatic N) is 1. The Morgan fingerprint density at radius 2 is 2.40 bits per heavy atom. The molecule has 0 atom stereocenters. The summed E-state index contributed by atoms with van der Waals surface area (Å²) in [6.07, 6.45) is 3.89. The third-order valence-corrected chi connectivity index (χ3v) is 3.03. The first-order valence-electron chi connectivity index (χ1n) is 5.06. The zero-order valence-electron chi connectivity index (χ0n) is 8.95. The number of hydrogen-bond donors (Lipinski definition) is 2. The van der Waals surface area contributed by atoms with Crippen LogP contribution in [0.2, 0.25) is 0 Å². The van der Waals surface area contributed by atoms with E-state index >= 15 is 0 Å². The molecule has 0 aliphatic carbocycles. The van der Waals surface area contributed by atoms with Crippen molar-refractivity contribution in [3.8, 4) is 10.6 Å². The Morgan fingerprint density at radius 1 is 1.53 bits per heavy atom. The van der Waals surface area contributed by atoms with E-state index < -0.39 is 0 Å². The summed E-state index contributed by atoms with van der Waals surface area (Å²) < 4.78 is 0. The minimum Gasteiger partial charge on any atom is -0.367 e. The molecule has 0 unspecified atom stereocenters. The van der Waals surface area contributed by atoms with Crippen molar-refractivity contribution in [3.05, 3.63) is 29.5 Å². The average Bonchev–Trinajstić information content (AvgIpc) is 2.85. The zero-order valence-corrected chi connectivity index (χ0v) is 9.77. The maximum absolute atomic E-state index is 4.56. The van der Waals surface area contributed by atoms with Gasteiger partial charge in [0.2, 0.25) is 0 Å². The molecule has 0 radical (unpaired) electrons. The Balaban J connectivity index is 2.04. The molecule has 15 heavy (non-hydrogen) atoms. The molecule has 0 saturated carbocycles. The molecule has 0 aliphatic heterocycles. The van der Waals surface area contributed by atoms with Crippen molar-refractivity contribution in [2.75, 3.05) is 0 Å². The van der Waals surface area contributed by atoms with E-state index in [1.807, 2.05) is 18.5 Å². The van der Waals surface area contributed by atoms with Crippen LogP contribution in [0.1, 0.15) is 19.5 Å². The van der Waals surface area contributed by atoms with Gasteiger partial charge < -0.3 is 10.3 Å². The normalized spacial score (nSPS) is 11.1. The molecule has 0 saturated heterocycles. The van der Waals surface area contributed by atoms with Crippen molar-refractivity contribution in [2.24, 2.45) is 0 Å². The molecular formula is C11H15N3S. The Kier molecular flexibility index (Phi) is 3.18. The maximum atomic E-state index is 4.56. The van der Waals surface area contributed by atoms with Crippen LogP contribution in [0.4, 0.5) is 0 Å². The minimum atomic E-state index is 0.502. The number of H-pyrrole nitrogens is 1. The highest BCUT2D eigenvalue weighted by atomic mass is 32.1. The zero-order chi connectivity index (χ0) is 10.7. The first kappa shape index (κ1) is 10.4. The summed E-state index contributed by atoms with van der Waals surface area (Å²) in [5.74, 6) is 0. The summed E-state index contributed by atoms with van der Waals surface area (Å²) in [6.45, 7) is 5.12. The number of rotatable bonds is 4. The predicted octanol–water partition coefficient (Wildman–Crippen LogP) is 2.64. The van der Waals surface area contributed by atoms with Gasteiger partial charge in [-0.05, 0) is 6.07 Å². The molecule has 0 aromatic carbocycles. The predicted molar refractivity (Wildman–Crippen MR) is 63.9 cm³/mol. The van der Waals surface area contributed by atoms with E-state index in [1.165, 1.54) is 0 Å². The lowest BCUT2D eigenvalue weighted by Crippen LogP contribution is -2.21. The summed E-state index contributed by atoms with van der Waals surface area (Å²) in [7, 11) is 0. The van der Waals surface area contributed by atoms with Gasteiger partial charge in [-0.15, -0.1) is 11.3 Å². The highest BCUT2D eigenvalue weighted by Gasteiger charge is 2.04. The van der Waals surface area contributed by atoms with Gasteiger partial charge in [-0.3, -0.25) is 0 Å². The standard InChI is InChI=1S/C11H15N3S/c1-8(2)13-6-10-7-15-11(14-10)9-3-4-12-5-9/h3-5,7-8,12-13H,6H2,1-2H3. The summed E-state index contributed by atoms with van der Waals surface area (Å²) in [5, 5.41) is 6.55. The molecule has 0 spiro atoms. The van der Waals surface area contributed by atoms with E-state index in [2.05, 4.69) is 34.5 Å². The van der Waals surface area contributed by atoms with Crippen LogP contribution in [-0.2, 0) is 6.54 Å². The van der Waals surface area contributed by atoms with Gasteiger partial charge in [0, 0.05) is 35.9 Å². The average molecular weight is 221 g/mol. The molecule has 3 nitrogen and oxygen atoms in total. The highest BCUT2D eigenvalue weighted by Crippen LogP contribution is 2.22. The molecular weight excluding hydrogens is 206 g/mol. The summed E-state index contributed by atoms with van der Waals surface area (Å²) in [6, 6.07) is 2.54. The second kappa shape index (κ2) is 4.59. The number of hydrogen-bond acceptors (Lipinski definition) is 3. The Morgan fingerprint density at radius 3 is 3.07 bits per heavy atom. The fraction of sp³-hybridized carbons (Fsp3) is 0.364. The van der Waals surface area contributed by atoms with Gasteiger partial charge in [-0.25, -0.2) is 4.98 Å². The van der Waals surface area contributed by atoms with Crippen LogP contribution < -0.4 is 5.32 Å². The maximum Gasteiger partial charge on any atom is 0.125 e. The molecule has 2 aromatic rings. The molecule has 0 amide bonds. The second-order valence-corrected chi connectivity index (χ2v) is 4.64. The van der Waals surface area contributed by atoms with Gasteiger partial charge in [0.1, 0.15) is 5.01 Å². The van der Waals surface area contributed by atoms with Crippen LogP contribution in [0.15, 0.2) is 23.8 Å². The van der Waals surface area contributed by atoms with Crippen molar-refractivity contribution < 1.29 is 0 Å². The van der Waals surface area contributed by atoms with Crippen LogP contribution in [0.3, 0.4) is 0 Å². The fourth-order valence-corrected chi connectivity index (χ4v) is 2.10. The molecule has 80 valence electrons. The van der Waals surface area contributed by atoms with Crippen molar-refractivity contribution >= 4 is 11.3 Å². The van der Waals surface area contributed by atoms with Gasteiger partial charge in [0.25, 0.3) is 0 Å². The molecule has 2 N–H and O–H groups in total. The number of aromatic amines is 1. The van der Waals surface area contributed by atoms with Crippen molar-refractivity contribution in [1.29, 1.82) is 0 Å². The second-order valence-electron chi connectivity index (χ2n) is 3.78. The number of thiazole rings is 1. The molecule has 0 fully saturated rings. The van der Waals surface area contributed by atoms with E-state index in [-0.39, 0.29) is 0 Å². The van der Waals surface area contributed by atoms with Gasteiger partial charge in [-0.1, -0.05) is 13.8 Å². The third kappa shape index (κ3) is 2.67. The van der Waals surface area contributed by atoms with Crippen LogP contribution in [0, 0.1) is 0 Å². The van der Waals surface area contributed by atoms with Gasteiger partial charge in [0.05, 0.1) is 5.69 Å². The first-order chi connectivity index (χ1) is 7.25. The van der Waals surface area contributed by atoms with Gasteiger partial charge >= 0.3 is 0 Å². The highest BCUT2D eigenvalue weighted by molar-refractivity contribution is 7.13. The lowest BCUT2D eigenvalue weighted by atomic mass is 10.3. The number of aromatic nitrogens is 2. The van der Waals surface area contributed by atoms with E-state index in [0.717, 1.165) is 22.8 Å². The quantitative estimate of drug-likeness (QED) is 0.833. The van der Waals surface area contributed by atoms with E-state index in [0.29, 0.717) is 6.04 Å². The van der Waals surface area contributed by atoms with Gasteiger partial charge in [-0.2, -0.15) is 0 Å². The monoisotopic (exact) mass is 221 g/mol. The molecule has 2 rings (SSSR count). The lowest BCUT2D eigenvalue weighted by molar-refractivity contribution is 0.583. The molecule has 2 heterocycles. The smallest absolute Gasteiger partial charge is 0.125 e. The van der Waals surface area contributed by atoms with E-state index in [1.54, 1.807) is 11.3 Å². The van der Waals surface area contributed by atoms with Crippen LogP contribution in [0.25, 0.3) is 10.6 Å². The van der Waals surface area contributed by atoms with Crippen LogP contribution >= 0.6 is 11.3 Å². The van der Waals surface area contributed by atoms with Gasteiger partial charge in [0.15, 0.2) is 0 Å². The molecule has 0 bridgehead atoms. The van der Waals surface area contributed by atoms with Crippen molar-refractivity contribution in [2.45, 2.75) is 26.4 Å². The summed E-state index contributed by atoms with van der Waals surface area (Å²) in [5.41, 5.74) is 2.28. The molecule has 4 heteroatoms. The van der Waals surface area contributed by atoms with E-state index in [4.69, 9.17) is 0 Å². The summed E-state index contributed by atoms with van der Waals surface area (Å²) >= 11 is 1.69. The largest absolute Gasteiger partial charge is 0.367 e. The topological polar surface area (TPSA) is 40.7 Å². The van der Waals surface area contributed by atoms with Crippen molar-refractivity contribution in [1.82, 2.24) is 15.3 Å². The van der Waals surface area contributed by atoms with E-state index in [9.17, 15) is 0 Å². The molecule has 0 aliphatic rings. The first-order valence-corrected chi connectivity index (χ1v) is 5.94. The Labute approximate surface area is 93.6 Å². The van der Waals surface area contributed by atoms with Crippen LogP contribution in [0.5, 0.6) is 0 Å². The third-order valence-electron chi connectivity index (χ3n) is 2.09. The minimum absolute atomic E-state index is 0.502. The molecule has 2 aromatic heterocycles. The lowest BCUT2D eigenvalue weighted by Gasteiger charge is -2.04. The summed E-state index contributed by atoms with van der Waals surface area (Å²) in [4.78, 5) is 7.60.